The molecule has 0 fully saturated rings. The highest BCUT2D eigenvalue weighted by atomic mass is 16.1. The normalized spacial score (nSPS) is 10.9. The third kappa shape index (κ3) is 3.14. The number of nitrogens with two attached hydrogens (primary N) is 2. The second kappa shape index (κ2) is 5.73. The van der Waals surface area contributed by atoms with Gasteiger partial charge in [0.15, 0.2) is 11.6 Å². The number of aromatic nitrogens is 2. The van der Waals surface area contributed by atoms with Crippen LogP contribution in [0.4, 0.5) is 11.6 Å². The first-order valence-electron chi connectivity index (χ1n) is 6.53. The number of rotatable bonds is 5. The van der Waals surface area contributed by atoms with Crippen LogP contribution in [0, 0.1) is 5.92 Å². The van der Waals surface area contributed by atoms with Crippen LogP contribution < -0.4 is 16.4 Å². The molecule has 0 radical (unpaired) electrons. The van der Waals surface area contributed by atoms with Gasteiger partial charge in [-0.3, -0.25) is 4.79 Å². The fourth-order valence-electron chi connectivity index (χ4n) is 2.09. The molecule has 2 rings (SSSR count). The van der Waals surface area contributed by atoms with Crippen molar-refractivity contribution in [3.8, 4) is 0 Å². The highest BCUT2D eigenvalue weighted by molar-refractivity contribution is 5.83. The van der Waals surface area contributed by atoms with Crippen molar-refractivity contribution in [2.24, 2.45) is 11.7 Å². The second-order valence-corrected chi connectivity index (χ2v) is 5.16. The van der Waals surface area contributed by atoms with Crippen LogP contribution in [-0.4, -0.2) is 29.0 Å². The molecule has 0 aliphatic heterocycles. The number of carbonyl (C=O) groups is 1. The molecule has 0 aliphatic carbocycles. The highest BCUT2D eigenvalue weighted by Gasteiger charge is 2.17. The molecule has 1 aromatic carbocycles. The van der Waals surface area contributed by atoms with Crippen molar-refractivity contribution in [2.45, 2.75) is 13.8 Å². The van der Waals surface area contributed by atoms with Gasteiger partial charge in [0.25, 0.3) is 0 Å². The number of benzene rings is 1. The minimum Gasteiger partial charge on any atom is -0.381 e. The maximum atomic E-state index is 11.2. The molecule has 0 spiro atoms. The zero-order valence-corrected chi connectivity index (χ0v) is 11.7. The molecule has 0 atom stereocenters. The Morgan fingerprint density at radius 1 is 1.25 bits per heavy atom. The van der Waals surface area contributed by atoms with Crippen molar-refractivity contribution >= 4 is 28.6 Å². The summed E-state index contributed by atoms with van der Waals surface area (Å²) in [5.41, 5.74) is 12.8. The average molecular weight is 273 g/mol. The first kappa shape index (κ1) is 14.0. The van der Waals surface area contributed by atoms with Gasteiger partial charge < -0.3 is 16.4 Å². The molecule has 2 aromatic rings. The molecular formula is C14H19N5O. The third-order valence-electron chi connectivity index (χ3n) is 2.81. The maximum absolute atomic E-state index is 11.2. The van der Waals surface area contributed by atoms with Crippen molar-refractivity contribution in [3.63, 3.8) is 0 Å². The SMILES string of the molecule is CC(C)CN(CC(N)=O)c1nc2ccccc2nc1N. The number of nitrogen functional groups attached to an aromatic ring is 1. The number of para-hydroxylation sites is 2. The quantitative estimate of drug-likeness (QED) is 0.851. The lowest BCUT2D eigenvalue weighted by Crippen LogP contribution is -2.37. The predicted octanol–water partition coefficient (Wildman–Crippen LogP) is 1.16. The van der Waals surface area contributed by atoms with E-state index in [1.165, 1.54) is 0 Å². The van der Waals surface area contributed by atoms with Crippen LogP contribution in [0.3, 0.4) is 0 Å². The molecule has 4 N–H and O–H groups in total. The lowest BCUT2D eigenvalue weighted by Gasteiger charge is -2.25. The molecule has 1 aromatic heterocycles. The van der Waals surface area contributed by atoms with Crippen LogP contribution in [0.25, 0.3) is 11.0 Å². The van der Waals surface area contributed by atoms with Gasteiger partial charge in [-0.2, -0.15) is 0 Å². The Labute approximate surface area is 117 Å². The van der Waals surface area contributed by atoms with E-state index in [0.717, 1.165) is 11.0 Å². The Hall–Kier alpha value is -2.37. The molecule has 0 aliphatic rings. The van der Waals surface area contributed by atoms with E-state index in [4.69, 9.17) is 11.5 Å². The highest BCUT2D eigenvalue weighted by Crippen LogP contribution is 2.23. The summed E-state index contributed by atoms with van der Waals surface area (Å²) in [7, 11) is 0. The van der Waals surface area contributed by atoms with Crippen LogP contribution in [0.5, 0.6) is 0 Å². The Kier molecular flexibility index (Phi) is 4.02. The fraction of sp³-hybridized carbons (Fsp3) is 0.357. The summed E-state index contributed by atoms with van der Waals surface area (Å²) in [4.78, 5) is 21.9. The fourth-order valence-corrected chi connectivity index (χ4v) is 2.09. The Bertz CT molecular complexity index is 626. The Balaban J connectivity index is 2.45. The third-order valence-corrected chi connectivity index (χ3v) is 2.81. The molecule has 20 heavy (non-hydrogen) atoms. The summed E-state index contributed by atoms with van der Waals surface area (Å²) in [6.07, 6.45) is 0. The van der Waals surface area contributed by atoms with Crippen LogP contribution in [0.15, 0.2) is 24.3 Å². The van der Waals surface area contributed by atoms with E-state index in [2.05, 4.69) is 23.8 Å². The van der Waals surface area contributed by atoms with E-state index in [1.54, 1.807) is 4.90 Å². The van der Waals surface area contributed by atoms with E-state index >= 15 is 0 Å². The minimum absolute atomic E-state index is 0.0788. The van der Waals surface area contributed by atoms with Gasteiger partial charge in [-0.05, 0) is 18.1 Å². The second-order valence-electron chi connectivity index (χ2n) is 5.16. The van der Waals surface area contributed by atoms with Gasteiger partial charge in [0.2, 0.25) is 5.91 Å². The van der Waals surface area contributed by atoms with E-state index < -0.39 is 5.91 Å². The number of fused-ring (bicyclic) bond motifs is 1. The molecule has 106 valence electrons. The largest absolute Gasteiger partial charge is 0.381 e. The standard InChI is InChI=1S/C14H19N5O/c1-9(2)7-19(8-12(15)20)14-13(16)17-10-5-3-4-6-11(10)18-14/h3-6,9H,7-8H2,1-2H3,(H2,15,20)(H2,16,17). The zero-order chi connectivity index (χ0) is 14.7. The van der Waals surface area contributed by atoms with Gasteiger partial charge in [0.1, 0.15) is 0 Å². The van der Waals surface area contributed by atoms with Crippen molar-refractivity contribution in [3.05, 3.63) is 24.3 Å². The summed E-state index contributed by atoms with van der Waals surface area (Å²) in [5, 5.41) is 0. The monoisotopic (exact) mass is 273 g/mol. The zero-order valence-electron chi connectivity index (χ0n) is 11.7. The molecule has 0 unspecified atom stereocenters. The number of amides is 1. The van der Waals surface area contributed by atoms with E-state index in [1.807, 2.05) is 24.3 Å². The van der Waals surface area contributed by atoms with Crippen molar-refractivity contribution in [1.29, 1.82) is 0 Å². The number of carbonyl (C=O) groups excluding carboxylic acids is 1. The first-order chi connectivity index (χ1) is 9.47. The average Bonchev–Trinajstić information content (AvgIpc) is 2.36. The van der Waals surface area contributed by atoms with Gasteiger partial charge in [-0.25, -0.2) is 9.97 Å². The number of primary amides is 1. The number of anilines is 2. The molecule has 6 nitrogen and oxygen atoms in total. The van der Waals surface area contributed by atoms with E-state index in [-0.39, 0.29) is 6.54 Å². The van der Waals surface area contributed by atoms with Gasteiger partial charge >= 0.3 is 0 Å². The van der Waals surface area contributed by atoms with Crippen LogP contribution in [0.1, 0.15) is 13.8 Å². The van der Waals surface area contributed by atoms with Gasteiger partial charge in [-0.15, -0.1) is 0 Å². The topological polar surface area (TPSA) is 98.1 Å². The van der Waals surface area contributed by atoms with Gasteiger partial charge in [0.05, 0.1) is 17.6 Å². The number of hydrogen-bond acceptors (Lipinski definition) is 5. The minimum atomic E-state index is -0.417. The van der Waals surface area contributed by atoms with E-state index in [9.17, 15) is 4.79 Å². The summed E-state index contributed by atoms with van der Waals surface area (Å²) in [6, 6.07) is 7.48. The lowest BCUT2D eigenvalue weighted by molar-refractivity contribution is -0.116. The van der Waals surface area contributed by atoms with Crippen molar-refractivity contribution in [1.82, 2.24) is 9.97 Å². The lowest BCUT2D eigenvalue weighted by atomic mass is 10.2. The Morgan fingerprint density at radius 2 is 1.85 bits per heavy atom. The number of hydrogen-bond donors (Lipinski definition) is 2. The summed E-state index contributed by atoms with van der Waals surface area (Å²) >= 11 is 0. The van der Waals surface area contributed by atoms with Gasteiger partial charge in [0, 0.05) is 6.54 Å². The molecular weight excluding hydrogens is 254 g/mol. The summed E-state index contributed by atoms with van der Waals surface area (Å²) < 4.78 is 0. The maximum Gasteiger partial charge on any atom is 0.237 e. The number of nitrogens with zero attached hydrogens (tertiary/aromatic N) is 3. The van der Waals surface area contributed by atoms with E-state index in [0.29, 0.717) is 24.1 Å². The first-order valence-corrected chi connectivity index (χ1v) is 6.53. The van der Waals surface area contributed by atoms with Crippen molar-refractivity contribution in [2.75, 3.05) is 23.7 Å². The molecule has 0 saturated heterocycles. The smallest absolute Gasteiger partial charge is 0.237 e. The molecule has 0 saturated carbocycles. The van der Waals surface area contributed by atoms with Crippen LogP contribution in [-0.2, 0) is 4.79 Å². The predicted molar refractivity (Wildman–Crippen MR) is 80.2 cm³/mol. The van der Waals surface area contributed by atoms with Crippen LogP contribution in [0.2, 0.25) is 0 Å². The summed E-state index contributed by atoms with van der Waals surface area (Å²) in [6.45, 7) is 4.83. The molecule has 0 bridgehead atoms. The molecule has 6 heteroatoms. The summed E-state index contributed by atoms with van der Waals surface area (Å²) in [5.74, 6) is 0.754. The van der Waals surface area contributed by atoms with Crippen LogP contribution >= 0.6 is 0 Å². The van der Waals surface area contributed by atoms with Gasteiger partial charge in [-0.1, -0.05) is 26.0 Å². The molecule has 1 amide bonds. The van der Waals surface area contributed by atoms with Crippen molar-refractivity contribution < 1.29 is 4.79 Å². The molecule has 1 heterocycles. The Morgan fingerprint density at radius 3 is 2.40 bits per heavy atom.